The molecule has 0 saturated carbocycles. The number of aryl methyl sites for hydroxylation is 1. The summed E-state index contributed by atoms with van der Waals surface area (Å²) in [7, 11) is -2.56. The number of carbonyl (C=O) groups excluding carboxylic acids is 1. The van der Waals surface area contributed by atoms with Crippen LogP contribution in [-0.4, -0.2) is 49.9 Å². The van der Waals surface area contributed by atoms with Gasteiger partial charge in [-0.1, -0.05) is 0 Å². The predicted molar refractivity (Wildman–Crippen MR) is 71.4 cm³/mol. The highest BCUT2D eigenvalue weighted by Gasteiger charge is 2.36. The molecule has 2 heterocycles. The fraction of sp³-hybridized carbons (Fsp3) is 0.500. The highest BCUT2D eigenvalue weighted by molar-refractivity contribution is 7.89. The van der Waals surface area contributed by atoms with Gasteiger partial charge in [-0.3, -0.25) is 4.79 Å². The first kappa shape index (κ1) is 15.5. The monoisotopic (exact) mass is 316 g/mol. The summed E-state index contributed by atoms with van der Waals surface area (Å²) < 4.78 is 30.5. The molecule has 8 nitrogen and oxygen atoms in total. The van der Waals surface area contributed by atoms with E-state index < -0.39 is 27.9 Å². The molecule has 9 heteroatoms. The van der Waals surface area contributed by atoms with Crippen LogP contribution in [0.5, 0.6) is 0 Å². The first-order chi connectivity index (χ1) is 9.77. The Labute approximate surface area is 121 Å². The van der Waals surface area contributed by atoms with Gasteiger partial charge < -0.3 is 14.4 Å². The van der Waals surface area contributed by atoms with E-state index in [0.717, 1.165) is 6.07 Å². The molecule has 1 aromatic heterocycles. The molecule has 0 bridgehead atoms. The zero-order valence-corrected chi connectivity index (χ0v) is 12.4. The lowest BCUT2D eigenvalue weighted by Gasteiger charge is -2.20. The second-order valence-electron chi connectivity index (χ2n) is 4.74. The molecule has 21 heavy (non-hydrogen) atoms. The van der Waals surface area contributed by atoms with Crippen LogP contribution in [0.25, 0.3) is 0 Å². The molecule has 1 aromatic rings. The molecule has 0 spiro atoms. The van der Waals surface area contributed by atoms with E-state index in [1.54, 1.807) is 0 Å². The average Bonchev–Trinajstić information content (AvgIpc) is 3.04. The van der Waals surface area contributed by atoms with E-state index in [0.29, 0.717) is 19.4 Å². The van der Waals surface area contributed by atoms with Crippen LogP contribution in [0.2, 0.25) is 0 Å². The van der Waals surface area contributed by atoms with Crippen molar-refractivity contribution >= 4 is 21.9 Å². The van der Waals surface area contributed by atoms with Crippen molar-refractivity contribution in [3.05, 3.63) is 17.4 Å². The minimum Gasteiger partial charge on any atom is -0.480 e. The molecule has 1 amide bonds. The molecule has 116 valence electrons. The molecule has 0 radical (unpaired) electrons. The topological polar surface area (TPSA) is 117 Å². The van der Waals surface area contributed by atoms with Gasteiger partial charge in [-0.2, -0.15) is 0 Å². The van der Waals surface area contributed by atoms with Gasteiger partial charge >= 0.3 is 5.97 Å². The van der Waals surface area contributed by atoms with Crippen LogP contribution in [-0.2, 0) is 14.8 Å². The number of aliphatic carboxylic acids is 1. The molecule has 2 rings (SSSR count). The predicted octanol–water partition coefficient (Wildman–Crippen LogP) is 0.185. The van der Waals surface area contributed by atoms with Crippen LogP contribution in [0.1, 0.15) is 29.0 Å². The minimum atomic E-state index is -3.79. The van der Waals surface area contributed by atoms with Crippen LogP contribution in [0.3, 0.4) is 0 Å². The number of furan rings is 1. The number of sulfonamides is 1. The third-order valence-electron chi connectivity index (χ3n) is 3.46. The second kappa shape index (κ2) is 5.49. The standard InChI is InChI=1S/C12H16N2O6S/c1-7-8(6-10(20-7)21(18,19)13-2)11(15)14-5-3-4-9(14)12(16)17/h6,9,13H,3-5H2,1-2H3,(H,16,17). The summed E-state index contributed by atoms with van der Waals surface area (Å²) in [5.41, 5.74) is 0.0666. The van der Waals surface area contributed by atoms with Gasteiger partial charge in [-0.25, -0.2) is 17.9 Å². The summed E-state index contributed by atoms with van der Waals surface area (Å²) in [5.74, 6) is -1.45. The third kappa shape index (κ3) is 2.79. The highest BCUT2D eigenvalue weighted by Crippen LogP contribution is 2.25. The lowest BCUT2D eigenvalue weighted by Crippen LogP contribution is -2.40. The average molecular weight is 316 g/mol. The molecule has 0 aromatic carbocycles. The van der Waals surface area contributed by atoms with Crippen molar-refractivity contribution in [2.24, 2.45) is 0 Å². The van der Waals surface area contributed by atoms with Crippen molar-refractivity contribution in [1.29, 1.82) is 0 Å². The van der Waals surface area contributed by atoms with Gasteiger partial charge in [0.15, 0.2) is 0 Å². The summed E-state index contributed by atoms with van der Waals surface area (Å²) in [4.78, 5) is 24.8. The number of hydrogen-bond donors (Lipinski definition) is 2. The first-order valence-electron chi connectivity index (χ1n) is 6.35. The molecule has 1 aliphatic heterocycles. The Bertz CT molecular complexity index is 678. The van der Waals surface area contributed by atoms with Crippen molar-refractivity contribution in [3.63, 3.8) is 0 Å². The van der Waals surface area contributed by atoms with E-state index >= 15 is 0 Å². The molecule has 0 aliphatic carbocycles. The first-order valence-corrected chi connectivity index (χ1v) is 7.84. The SMILES string of the molecule is CNS(=O)(=O)c1cc(C(=O)N2CCCC2C(=O)O)c(C)o1. The molecule has 1 aliphatic rings. The van der Waals surface area contributed by atoms with Crippen molar-refractivity contribution in [2.45, 2.75) is 30.9 Å². The number of likely N-dealkylation sites (tertiary alicyclic amines) is 1. The largest absolute Gasteiger partial charge is 0.480 e. The number of nitrogens with one attached hydrogen (secondary N) is 1. The maximum absolute atomic E-state index is 12.4. The summed E-state index contributed by atoms with van der Waals surface area (Å²) in [5, 5.41) is 8.73. The van der Waals surface area contributed by atoms with Crippen LogP contribution >= 0.6 is 0 Å². The van der Waals surface area contributed by atoms with E-state index in [1.807, 2.05) is 0 Å². The van der Waals surface area contributed by atoms with Crippen LogP contribution in [0.15, 0.2) is 15.6 Å². The number of nitrogens with zero attached hydrogens (tertiary/aromatic N) is 1. The Morgan fingerprint density at radius 3 is 2.71 bits per heavy atom. The lowest BCUT2D eigenvalue weighted by atomic mass is 10.2. The Balaban J connectivity index is 2.34. The summed E-state index contributed by atoms with van der Waals surface area (Å²) in [6.07, 6.45) is 0.987. The molecule has 1 unspecified atom stereocenters. The molecule has 2 N–H and O–H groups in total. The van der Waals surface area contributed by atoms with E-state index in [9.17, 15) is 18.0 Å². The molecular formula is C12H16N2O6S. The van der Waals surface area contributed by atoms with Gasteiger partial charge in [0.05, 0.1) is 5.56 Å². The molecule has 1 atom stereocenters. The summed E-state index contributed by atoms with van der Waals surface area (Å²) in [6.45, 7) is 1.79. The zero-order chi connectivity index (χ0) is 15.8. The van der Waals surface area contributed by atoms with E-state index in [-0.39, 0.29) is 16.4 Å². The van der Waals surface area contributed by atoms with Crippen LogP contribution in [0.4, 0.5) is 0 Å². The number of amides is 1. The van der Waals surface area contributed by atoms with Gasteiger partial charge in [0.2, 0.25) is 5.09 Å². The van der Waals surface area contributed by atoms with Gasteiger partial charge in [0, 0.05) is 12.6 Å². The van der Waals surface area contributed by atoms with Gasteiger partial charge in [-0.05, 0) is 26.8 Å². The van der Waals surface area contributed by atoms with Crippen molar-refractivity contribution in [3.8, 4) is 0 Å². The lowest BCUT2D eigenvalue weighted by molar-refractivity contribution is -0.141. The van der Waals surface area contributed by atoms with Crippen molar-refractivity contribution in [1.82, 2.24) is 9.62 Å². The molecule has 1 saturated heterocycles. The van der Waals surface area contributed by atoms with Crippen LogP contribution in [0, 0.1) is 6.92 Å². The van der Waals surface area contributed by atoms with Gasteiger partial charge in [-0.15, -0.1) is 0 Å². The van der Waals surface area contributed by atoms with E-state index in [1.165, 1.54) is 18.9 Å². The number of carbonyl (C=O) groups is 2. The summed E-state index contributed by atoms with van der Waals surface area (Å²) >= 11 is 0. The smallest absolute Gasteiger partial charge is 0.326 e. The van der Waals surface area contributed by atoms with Gasteiger partial charge in [0.25, 0.3) is 15.9 Å². The number of hydrogen-bond acceptors (Lipinski definition) is 5. The highest BCUT2D eigenvalue weighted by atomic mass is 32.2. The Morgan fingerprint density at radius 1 is 1.48 bits per heavy atom. The zero-order valence-electron chi connectivity index (χ0n) is 11.6. The van der Waals surface area contributed by atoms with E-state index in [2.05, 4.69) is 4.72 Å². The number of rotatable bonds is 4. The fourth-order valence-electron chi connectivity index (χ4n) is 2.32. The summed E-state index contributed by atoms with van der Waals surface area (Å²) in [6, 6.07) is 0.247. The normalized spacial score (nSPS) is 19.0. The van der Waals surface area contributed by atoms with E-state index in [4.69, 9.17) is 9.52 Å². The minimum absolute atomic E-state index is 0.0666. The Morgan fingerprint density at radius 2 is 2.14 bits per heavy atom. The Hall–Kier alpha value is -1.87. The Kier molecular flexibility index (Phi) is 4.06. The quantitative estimate of drug-likeness (QED) is 0.818. The van der Waals surface area contributed by atoms with Gasteiger partial charge in [0.1, 0.15) is 11.8 Å². The maximum atomic E-state index is 12.4. The fourth-order valence-corrected chi connectivity index (χ4v) is 3.03. The number of carboxylic acids is 1. The third-order valence-corrected chi connectivity index (χ3v) is 4.73. The molecular weight excluding hydrogens is 300 g/mol. The second-order valence-corrected chi connectivity index (χ2v) is 6.56. The maximum Gasteiger partial charge on any atom is 0.326 e. The van der Waals surface area contributed by atoms with Crippen molar-refractivity contribution < 1.29 is 27.5 Å². The number of carboxylic acid groups (broad SMARTS) is 1. The van der Waals surface area contributed by atoms with Crippen LogP contribution < -0.4 is 4.72 Å². The van der Waals surface area contributed by atoms with Crippen molar-refractivity contribution in [2.75, 3.05) is 13.6 Å². The molecule has 1 fully saturated rings.